The Kier molecular flexibility index (Phi) is 3.48. The molecule has 19 heavy (non-hydrogen) atoms. The normalized spacial score (nSPS) is 17.0. The van der Waals surface area contributed by atoms with E-state index in [0.717, 1.165) is 37.0 Å². The van der Waals surface area contributed by atoms with Gasteiger partial charge in [0.15, 0.2) is 0 Å². The number of benzene rings is 1. The van der Waals surface area contributed by atoms with E-state index in [1.807, 2.05) is 30.8 Å². The summed E-state index contributed by atoms with van der Waals surface area (Å²) in [6.45, 7) is 1.56. The Labute approximate surface area is 112 Å². The summed E-state index contributed by atoms with van der Waals surface area (Å²) < 4.78 is 7.51. The SMILES string of the molecule is NNC(Cn1cnc2ccccc21)C1=COCCC1. The number of para-hydroxylation sites is 2. The van der Waals surface area contributed by atoms with Gasteiger partial charge in [0, 0.05) is 6.54 Å². The third-order valence-electron chi connectivity index (χ3n) is 3.52. The van der Waals surface area contributed by atoms with Crippen LogP contribution in [0.2, 0.25) is 0 Å². The van der Waals surface area contributed by atoms with Crippen molar-refractivity contribution in [2.75, 3.05) is 6.61 Å². The molecule has 2 aromatic rings. The van der Waals surface area contributed by atoms with Crippen LogP contribution in [0.25, 0.3) is 11.0 Å². The van der Waals surface area contributed by atoms with Crippen LogP contribution in [0.4, 0.5) is 0 Å². The molecule has 2 heterocycles. The standard InChI is InChI=1S/C14H18N4O/c15-17-13(11-4-3-7-19-9-11)8-18-10-16-12-5-1-2-6-14(12)18/h1-2,5-6,9-10,13,17H,3-4,7-8,15H2. The number of nitrogens with zero attached hydrogens (tertiary/aromatic N) is 2. The van der Waals surface area contributed by atoms with Gasteiger partial charge in [-0.25, -0.2) is 4.98 Å². The minimum absolute atomic E-state index is 0.0814. The fraction of sp³-hybridized carbons (Fsp3) is 0.357. The largest absolute Gasteiger partial charge is 0.501 e. The maximum absolute atomic E-state index is 5.68. The molecule has 3 rings (SSSR count). The molecule has 5 nitrogen and oxygen atoms in total. The van der Waals surface area contributed by atoms with E-state index in [1.54, 1.807) is 0 Å². The van der Waals surface area contributed by atoms with Crippen molar-refractivity contribution in [3.05, 3.63) is 42.4 Å². The second kappa shape index (κ2) is 5.42. The molecule has 0 radical (unpaired) electrons. The maximum atomic E-state index is 5.68. The van der Waals surface area contributed by atoms with Crippen molar-refractivity contribution in [1.29, 1.82) is 0 Å². The Hall–Kier alpha value is -1.85. The van der Waals surface area contributed by atoms with Crippen LogP contribution in [0.1, 0.15) is 12.8 Å². The Bertz CT molecular complexity index is 590. The van der Waals surface area contributed by atoms with Gasteiger partial charge >= 0.3 is 0 Å². The lowest BCUT2D eigenvalue weighted by Crippen LogP contribution is -2.40. The van der Waals surface area contributed by atoms with Crippen LogP contribution < -0.4 is 11.3 Å². The monoisotopic (exact) mass is 258 g/mol. The van der Waals surface area contributed by atoms with Crippen molar-refractivity contribution in [3.63, 3.8) is 0 Å². The van der Waals surface area contributed by atoms with Crippen LogP contribution in [0.5, 0.6) is 0 Å². The molecule has 0 bridgehead atoms. The lowest BCUT2D eigenvalue weighted by molar-refractivity contribution is 0.218. The third kappa shape index (κ3) is 2.47. The summed E-state index contributed by atoms with van der Waals surface area (Å²) in [5.41, 5.74) is 6.22. The zero-order valence-electron chi connectivity index (χ0n) is 10.7. The molecule has 1 unspecified atom stereocenters. The molecule has 1 aromatic heterocycles. The number of nitrogens with one attached hydrogen (secondary N) is 1. The van der Waals surface area contributed by atoms with E-state index >= 15 is 0 Å². The molecule has 3 N–H and O–H groups in total. The lowest BCUT2D eigenvalue weighted by atomic mass is 10.0. The lowest BCUT2D eigenvalue weighted by Gasteiger charge is -2.23. The molecular weight excluding hydrogens is 240 g/mol. The van der Waals surface area contributed by atoms with E-state index in [0.29, 0.717) is 0 Å². The highest BCUT2D eigenvalue weighted by molar-refractivity contribution is 5.74. The molecule has 1 aromatic carbocycles. The van der Waals surface area contributed by atoms with Crippen molar-refractivity contribution >= 4 is 11.0 Å². The van der Waals surface area contributed by atoms with E-state index in [2.05, 4.69) is 21.0 Å². The molecule has 0 saturated heterocycles. The predicted octanol–water partition coefficient (Wildman–Crippen LogP) is 1.56. The Morgan fingerprint density at radius 1 is 1.42 bits per heavy atom. The van der Waals surface area contributed by atoms with Gasteiger partial charge in [-0.15, -0.1) is 0 Å². The average molecular weight is 258 g/mol. The van der Waals surface area contributed by atoms with E-state index in [9.17, 15) is 0 Å². The highest BCUT2D eigenvalue weighted by Crippen LogP contribution is 2.19. The zero-order valence-corrected chi connectivity index (χ0v) is 10.7. The summed E-state index contributed by atoms with van der Waals surface area (Å²) in [4.78, 5) is 4.39. The minimum Gasteiger partial charge on any atom is -0.501 e. The highest BCUT2D eigenvalue weighted by Gasteiger charge is 2.17. The van der Waals surface area contributed by atoms with Crippen molar-refractivity contribution in [2.24, 2.45) is 5.84 Å². The van der Waals surface area contributed by atoms with E-state index in [1.165, 1.54) is 5.57 Å². The number of hydrazine groups is 1. The van der Waals surface area contributed by atoms with Crippen LogP contribution in [0, 0.1) is 0 Å². The minimum atomic E-state index is 0.0814. The van der Waals surface area contributed by atoms with E-state index in [4.69, 9.17) is 10.6 Å². The topological polar surface area (TPSA) is 65.1 Å². The van der Waals surface area contributed by atoms with Crippen molar-refractivity contribution in [1.82, 2.24) is 15.0 Å². The van der Waals surface area contributed by atoms with Gasteiger partial charge in [-0.1, -0.05) is 12.1 Å². The Balaban J connectivity index is 1.84. The number of fused-ring (bicyclic) bond motifs is 1. The van der Waals surface area contributed by atoms with Gasteiger partial charge in [0.2, 0.25) is 0 Å². The van der Waals surface area contributed by atoms with E-state index in [-0.39, 0.29) is 6.04 Å². The molecule has 1 aliphatic rings. The first-order valence-electron chi connectivity index (χ1n) is 6.55. The van der Waals surface area contributed by atoms with Crippen molar-refractivity contribution in [3.8, 4) is 0 Å². The fourth-order valence-electron chi connectivity index (χ4n) is 2.47. The predicted molar refractivity (Wildman–Crippen MR) is 74.1 cm³/mol. The van der Waals surface area contributed by atoms with Gasteiger partial charge in [-0.3, -0.25) is 11.3 Å². The summed E-state index contributed by atoms with van der Waals surface area (Å²) in [6.07, 6.45) is 5.78. The van der Waals surface area contributed by atoms with Gasteiger partial charge in [-0.2, -0.15) is 0 Å². The zero-order chi connectivity index (χ0) is 13.1. The molecule has 100 valence electrons. The Morgan fingerprint density at radius 3 is 3.11 bits per heavy atom. The summed E-state index contributed by atoms with van der Waals surface area (Å²) in [7, 11) is 0. The number of hydrogen-bond acceptors (Lipinski definition) is 4. The van der Waals surface area contributed by atoms with Gasteiger partial charge in [0.05, 0.1) is 36.3 Å². The number of nitrogens with two attached hydrogens (primary N) is 1. The van der Waals surface area contributed by atoms with Crippen LogP contribution in [0.15, 0.2) is 42.4 Å². The first-order valence-corrected chi connectivity index (χ1v) is 6.55. The molecular formula is C14H18N4O. The average Bonchev–Trinajstić information content (AvgIpc) is 2.89. The summed E-state index contributed by atoms with van der Waals surface area (Å²) >= 11 is 0. The van der Waals surface area contributed by atoms with E-state index < -0.39 is 0 Å². The smallest absolute Gasteiger partial charge is 0.0958 e. The van der Waals surface area contributed by atoms with Gasteiger partial charge in [-0.05, 0) is 30.5 Å². The maximum Gasteiger partial charge on any atom is 0.0958 e. The molecule has 0 amide bonds. The van der Waals surface area contributed by atoms with Crippen molar-refractivity contribution < 1.29 is 4.74 Å². The van der Waals surface area contributed by atoms with Gasteiger partial charge < -0.3 is 9.30 Å². The number of ether oxygens (including phenoxy) is 1. The number of rotatable bonds is 4. The highest BCUT2D eigenvalue weighted by atomic mass is 16.5. The van der Waals surface area contributed by atoms with Gasteiger partial charge in [0.25, 0.3) is 0 Å². The van der Waals surface area contributed by atoms with Crippen LogP contribution in [-0.4, -0.2) is 22.2 Å². The van der Waals surface area contributed by atoms with Crippen LogP contribution in [-0.2, 0) is 11.3 Å². The summed E-state index contributed by atoms with van der Waals surface area (Å²) in [5, 5.41) is 0. The van der Waals surface area contributed by atoms with Crippen molar-refractivity contribution in [2.45, 2.75) is 25.4 Å². The number of hydrogen-bond donors (Lipinski definition) is 2. The molecule has 0 spiro atoms. The van der Waals surface area contributed by atoms with Crippen LogP contribution >= 0.6 is 0 Å². The second-order valence-corrected chi connectivity index (χ2v) is 4.77. The first kappa shape index (κ1) is 12.2. The molecule has 5 heteroatoms. The third-order valence-corrected chi connectivity index (χ3v) is 3.52. The molecule has 0 fully saturated rings. The summed E-state index contributed by atoms with van der Waals surface area (Å²) in [5.74, 6) is 5.68. The molecule has 1 atom stereocenters. The second-order valence-electron chi connectivity index (χ2n) is 4.77. The molecule has 0 aliphatic carbocycles. The molecule has 0 saturated carbocycles. The van der Waals surface area contributed by atoms with Gasteiger partial charge in [0.1, 0.15) is 0 Å². The van der Waals surface area contributed by atoms with Crippen LogP contribution in [0.3, 0.4) is 0 Å². The molecule has 1 aliphatic heterocycles. The number of imidazole rings is 1. The quantitative estimate of drug-likeness (QED) is 0.645. The number of aromatic nitrogens is 2. The Morgan fingerprint density at radius 2 is 2.32 bits per heavy atom. The fourth-order valence-corrected chi connectivity index (χ4v) is 2.47. The first-order chi connectivity index (χ1) is 9.38. The summed E-state index contributed by atoms with van der Waals surface area (Å²) in [6, 6.07) is 8.18.